The van der Waals surface area contributed by atoms with Gasteiger partial charge in [-0.15, -0.1) is 0 Å². The number of amides is 2. The monoisotopic (exact) mass is 354 g/mol. The summed E-state index contributed by atoms with van der Waals surface area (Å²) >= 11 is 0. The Bertz CT molecular complexity index is 459. The van der Waals surface area contributed by atoms with Gasteiger partial charge in [-0.25, -0.2) is 0 Å². The molecule has 0 unspecified atom stereocenters. The number of primary amides is 1. The van der Waals surface area contributed by atoms with E-state index in [2.05, 4.69) is 5.32 Å². The van der Waals surface area contributed by atoms with Crippen molar-refractivity contribution in [2.45, 2.75) is 51.6 Å². The standard InChI is InChI=1S/C17H32N5O3/c1-17(2,15(18)24)25-12-8-13-6-10-22(11-7-13)14(23)5-3-4-9-21-16(19)20/h5,13H,3-4,6-12H2,1-2H3,(H2,18,24)(H4,19,20,21). The Morgan fingerprint density at radius 1 is 1.32 bits per heavy atom. The van der Waals surface area contributed by atoms with Gasteiger partial charge in [-0.2, -0.15) is 0 Å². The summed E-state index contributed by atoms with van der Waals surface area (Å²) in [5.74, 6) is 0.0819. The predicted molar refractivity (Wildman–Crippen MR) is 96.6 cm³/mol. The van der Waals surface area contributed by atoms with Gasteiger partial charge in [0.1, 0.15) is 5.60 Å². The lowest BCUT2D eigenvalue weighted by atomic mass is 9.93. The molecule has 1 heterocycles. The molecule has 1 fully saturated rings. The van der Waals surface area contributed by atoms with Gasteiger partial charge in [-0.3, -0.25) is 15.0 Å². The molecule has 0 aromatic carbocycles. The maximum atomic E-state index is 12.1. The Balaban J connectivity index is 2.15. The van der Waals surface area contributed by atoms with Crippen LogP contribution < -0.4 is 16.8 Å². The molecule has 0 aromatic rings. The quantitative estimate of drug-likeness (QED) is 0.255. The second-order valence-electron chi connectivity index (χ2n) is 6.97. The van der Waals surface area contributed by atoms with Crippen LogP contribution in [0.15, 0.2) is 0 Å². The van der Waals surface area contributed by atoms with Crippen LogP contribution in [0.2, 0.25) is 0 Å². The zero-order valence-corrected chi connectivity index (χ0v) is 15.3. The van der Waals surface area contributed by atoms with Crippen molar-refractivity contribution in [2.24, 2.45) is 17.4 Å². The molecule has 1 saturated heterocycles. The van der Waals surface area contributed by atoms with Gasteiger partial charge in [-0.1, -0.05) is 0 Å². The summed E-state index contributed by atoms with van der Waals surface area (Å²) in [7, 11) is 0. The van der Waals surface area contributed by atoms with E-state index in [4.69, 9.17) is 21.6 Å². The molecule has 0 aromatic heterocycles. The number of nitrogens with zero attached hydrogens (tertiary/aromatic N) is 1. The number of carbonyl (C=O) groups excluding carboxylic acids is 2. The number of ether oxygens (including phenoxy) is 1. The predicted octanol–water partition coefficient (Wildman–Crippen LogP) is 0.363. The minimum absolute atomic E-state index is 0.0448. The second kappa shape index (κ2) is 10.2. The number of carbonyl (C=O) groups is 2. The summed E-state index contributed by atoms with van der Waals surface area (Å²) in [6.45, 7) is 5.97. The van der Waals surface area contributed by atoms with Crippen molar-refractivity contribution in [3.8, 4) is 0 Å². The first-order valence-corrected chi connectivity index (χ1v) is 8.86. The number of hydrogen-bond donors (Lipinski definition) is 4. The molecule has 0 saturated carbocycles. The van der Waals surface area contributed by atoms with E-state index in [-0.39, 0.29) is 11.9 Å². The Labute approximate surface area is 150 Å². The lowest BCUT2D eigenvalue weighted by Crippen LogP contribution is -2.42. The van der Waals surface area contributed by atoms with E-state index in [9.17, 15) is 9.59 Å². The highest BCUT2D eigenvalue weighted by molar-refractivity contribution is 5.84. The van der Waals surface area contributed by atoms with Crippen molar-refractivity contribution < 1.29 is 14.3 Å². The Morgan fingerprint density at radius 2 is 1.96 bits per heavy atom. The molecular formula is C17H32N5O3. The van der Waals surface area contributed by atoms with Crippen LogP contribution >= 0.6 is 0 Å². The maximum absolute atomic E-state index is 12.1. The summed E-state index contributed by atoms with van der Waals surface area (Å²) < 4.78 is 5.57. The van der Waals surface area contributed by atoms with Crippen molar-refractivity contribution in [3.05, 3.63) is 6.42 Å². The van der Waals surface area contributed by atoms with Crippen LogP contribution in [0.5, 0.6) is 0 Å². The second-order valence-corrected chi connectivity index (χ2v) is 6.97. The molecule has 8 heteroatoms. The third-order valence-corrected chi connectivity index (χ3v) is 4.52. The minimum Gasteiger partial charge on any atom is -0.370 e. The molecular weight excluding hydrogens is 322 g/mol. The zero-order chi connectivity index (χ0) is 18.9. The third kappa shape index (κ3) is 8.20. The molecule has 0 aliphatic carbocycles. The molecule has 1 rings (SSSR count). The number of nitrogens with two attached hydrogens (primary N) is 2. The van der Waals surface area contributed by atoms with Crippen molar-refractivity contribution in [1.29, 1.82) is 5.41 Å². The number of hydrogen-bond acceptors (Lipinski definition) is 4. The molecule has 25 heavy (non-hydrogen) atoms. The SMILES string of the molecule is CC(C)(OCCC1CCN(C(=O)[CH]CCCNC(=N)N)CC1)C(N)=O. The lowest BCUT2D eigenvalue weighted by Gasteiger charge is -2.32. The van der Waals surface area contributed by atoms with Gasteiger partial charge >= 0.3 is 0 Å². The molecule has 6 N–H and O–H groups in total. The molecule has 0 atom stereocenters. The van der Waals surface area contributed by atoms with Gasteiger partial charge in [0.15, 0.2) is 5.96 Å². The highest BCUT2D eigenvalue weighted by Crippen LogP contribution is 2.22. The molecule has 2 amide bonds. The summed E-state index contributed by atoms with van der Waals surface area (Å²) in [6.07, 6.45) is 5.93. The molecule has 143 valence electrons. The van der Waals surface area contributed by atoms with Gasteiger partial charge < -0.3 is 26.4 Å². The first-order chi connectivity index (χ1) is 11.7. The van der Waals surface area contributed by atoms with E-state index in [0.717, 1.165) is 38.8 Å². The van der Waals surface area contributed by atoms with Crippen molar-refractivity contribution in [2.75, 3.05) is 26.2 Å². The fraction of sp³-hybridized carbons (Fsp3) is 0.765. The third-order valence-electron chi connectivity index (χ3n) is 4.52. The highest BCUT2D eigenvalue weighted by Gasteiger charge is 2.27. The van der Waals surface area contributed by atoms with Crippen LogP contribution in [0, 0.1) is 17.7 Å². The number of piperidine rings is 1. The number of nitrogens with one attached hydrogen (secondary N) is 2. The van der Waals surface area contributed by atoms with Gasteiger partial charge in [0.05, 0.1) is 0 Å². The van der Waals surface area contributed by atoms with E-state index in [1.165, 1.54) is 0 Å². The largest absolute Gasteiger partial charge is 0.370 e. The van der Waals surface area contributed by atoms with E-state index < -0.39 is 11.5 Å². The number of likely N-dealkylation sites (tertiary alicyclic amines) is 1. The Morgan fingerprint density at radius 3 is 2.52 bits per heavy atom. The van der Waals surface area contributed by atoms with Crippen LogP contribution in [0.3, 0.4) is 0 Å². The van der Waals surface area contributed by atoms with Gasteiger partial charge in [0.25, 0.3) is 0 Å². The van der Waals surface area contributed by atoms with E-state index in [0.29, 0.717) is 25.5 Å². The van der Waals surface area contributed by atoms with Crippen LogP contribution in [-0.4, -0.2) is 54.5 Å². The fourth-order valence-corrected chi connectivity index (χ4v) is 2.67. The first kappa shape index (κ1) is 21.2. The number of rotatable bonds is 10. The topological polar surface area (TPSA) is 135 Å². The molecule has 8 nitrogen and oxygen atoms in total. The first-order valence-electron chi connectivity index (χ1n) is 8.86. The van der Waals surface area contributed by atoms with Crippen molar-refractivity contribution in [3.63, 3.8) is 0 Å². The summed E-state index contributed by atoms with van der Waals surface area (Å²) in [5.41, 5.74) is 9.55. The van der Waals surface area contributed by atoms with Crippen LogP contribution in [0.4, 0.5) is 0 Å². The van der Waals surface area contributed by atoms with Gasteiger partial charge in [0, 0.05) is 32.7 Å². The molecule has 1 aliphatic rings. The number of unbranched alkanes of at least 4 members (excludes halogenated alkanes) is 1. The summed E-state index contributed by atoms with van der Waals surface area (Å²) in [4.78, 5) is 25.2. The average molecular weight is 354 g/mol. The summed E-state index contributed by atoms with van der Waals surface area (Å²) in [6, 6.07) is 0. The number of guanidine groups is 1. The molecule has 0 bridgehead atoms. The van der Waals surface area contributed by atoms with E-state index in [1.807, 2.05) is 4.90 Å². The smallest absolute Gasteiger partial charge is 0.249 e. The normalized spacial score (nSPS) is 15.8. The minimum atomic E-state index is -0.928. The Kier molecular flexibility index (Phi) is 8.68. The fourth-order valence-electron chi connectivity index (χ4n) is 2.67. The molecule has 0 spiro atoms. The highest BCUT2D eigenvalue weighted by atomic mass is 16.5. The van der Waals surface area contributed by atoms with Crippen LogP contribution in [-0.2, 0) is 14.3 Å². The van der Waals surface area contributed by atoms with Crippen LogP contribution in [0.1, 0.15) is 46.0 Å². The van der Waals surface area contributed by atoms with Gasteiger partial charge in [-0.05, 0) is 51.9 Å². The lowest BCUT2D eigenvalue weighted by molar-refractivity contribution is -0.140. The molecule has 1 radical (unpaired) electrons. The maximum Gasteiger partial charge on any atom is 0.249 e. The van der Waals surface area contributed by atoms with Crippen molar-refractivity contribution in [1.82, 2.24) is 10.2 Å². The van der Waals surface area contributed by atoms with E-state index >= 15 is 0 Å². The summed E-state index contributed by atoms with van der Waals surface area (Å²) in [5, 5.41) is 9.76. The zero-order valence-electron chi connectivity index (χ0n) is 15.3. The van der Waals surface area contributed by atoms with E-state index in [1.54, 1.807) is 20.3 Å². The molecule has 1 aliphatic heterocycles. The Hall–Kier alpha value is -1.83. The van der Waals surface area contributed by atoms with Crippen LogP contribution in [0.25, 0.3) is 0 Å². The van der Waals surface area contributed by atoms with Gasteiger partial charge in [0.2, 0.25) is 11.8 Å². The van der Waals surface area contributed by atoms with Crippen molar-refractivity contribution >= 4 is 17.8 Å². The average Bonchev–Trinajstić information content (AvgIpc) is 2.54.